The summed E-state index contributed by atoms with van der Waals surface area (Å²) in [5.74, 6) is 1.09. The van der Waals surface area contributed by atoms with E-state index in [2.05, 4.69) is 15.4 Å². The van der Waals surface area contributed by atoms with Gasteiger partial charge in [-0.15, -0.1) is 10.2 Å². The van der Waals surface area contributed by atoms with E-state index in [0.29, 0.717) is 28.1 Å². The lowest BCUT2D eigenvalue weighted by Gasteiger charge is -2.18. The van der Waals surface area contributed by atoms with Gasteiger partial charge in [0.2, 0.25) is 11.8 Å². The van der Waals surface area contributed by atoms with Gasteiger partial charge in [0.1, 0.15) is 5.76 Å². The Bertz CT molecular complexity index is 916. The first-order valence-electron chi connectivity index (χ1n) is 7.93. The van der Waals surface area contributed by atoms with Crippen LogP contribution >= 0.6 is 11.6 Å². The third-order valence-electron chi connectivity index (χ3n) is 3.97. The lowest BCUT2D eigenvalue weighted by molar-refractivity contribution is 0.0704. The quantitative estimate of drug-likeness (QED) is 0.694. The molecule has 1 aliphatic rings. The van der Waals surface area contributed by atoms with Gasteiger partial charge < -0.3 is 13.8 Å². The molecule has 0 atom stereocenters. The van der Waals surface area contributed by atoms with E-state index in [9.17, 15) is 4.79 Å². The average Bonchev–Trinajstić information content (AvgIpc) is 3.18. The smallest absolute Gasteiger partial charge is 0.276 e. The minimum absolute atomic E-state index is 0.167. The number of nitrogens with zero attached hydrogens (tertiary/aromatic N) is 4. The Balaban J connectivity index is 1.56. The minimum Gasteiger partial charge on any atom is -0.419 e. The van der Waals surface area contributed by atoms with Crippen LogP contribution in [-0.4, -0.2) is 32.2 Å². The lowest BCUT2D eigenvalue weighted by atomic mass is 10.2. The number of aryl methyl sites for hydroxylation is 1. The van der Waals surface area contributed by atoms with Gasteiger partial charge in [-0.25, -0.2) is 0 Å². The van der Waals surface area contributed by atoms with Gasteiger partial charge >= 0.3 is 0 Å². The zero-order chi connectivity index (χ0) is 17.4. The van der Waals surface area contributed by atoms with Crippen molar-refractivity contribution in [1.82, 2.24) is 20.3 Å². The predicted molar refractivity (Wildman–Crippen MR) is 88.9 cm³/mol. The highest BCUT2D eigenvalue weighted by Crippen LogP contribution is 2.31. The minimum atomic E-state index is -0.197. The van der Waals surface area contributed by atoms with Gasteiger partial charge in [-0.1, -0.05) is 28.9 Å². The van der Waals surface area contributed by atoms with Crippen molar-refractivity contribution in [2.45, 2.75) is 32.4 Å². The van der Waals surface area contributed by atoms with Gasteiger partial charge in [-0.3, -0.25) is 4.79 Å². The second-order valence-corrected chi connectivity index (χ2v) is 6.38. The topological polar surface area (TPSA) is 85.3 Å². The van der Waals surface area contributed by atoms with Gasteiger partial charge in [0.05, 0.1) is 17.1 Å². The van der Waals surface area contributed by atoms with Crippen molar-refractivity contribution in [3.8, 4) is 11.5 Å². The predicted octanol–water partition coefficient (Wildman–Crippen LogP) is 3.49. The number of carbonyl (C=O) groups excluding carboxylic acids is 1. The van der Waals surface area contributed by atoms with E-state index in [1.165, 1.54) is 0 Å². The fourth-order valence-electron chi connectivity index (χ4n) is 2.57. The number of amides is 1. The van der Waals surface area contributed by atoms with Crippen molar-refractivity contribution in [2.75, 3.05) is 0 Å². The molecule has 1 aromatic carbocycles. The summed E-state index contributed by atoms with van der Waals surface area (Å²) in [7, 11) is 0. The van der Waals surface area contributed by atoms with Crippen LogP contribution in [0.3, 0.4) is 0 Å². The number of hydrogen-bond donors (Lipinski definition) is 0. The van der Waals surface area contributed by atoms with E-state index in [4.69, 9.17) is 20.5 Å². The van der Waals surface area contributed by atoms with Gasteiger partial charge in [0.15, 0.2) is 5.69 Å². The van der Waals surface area contributed by atoms with Gasteiger partial charge in [0.25, 0.3) is 5.91 Å². The molecule has 7 nitrogen and oxygen atoms in total. The molecule has 0 saturated heterocycles. The molecule has 1 amide bonds. The molecule has 128 valence electrons. The largest absolute Gasteiger partial charge is 0.419 e. The molecule has 0 aliphatic heterocycles. The summed E-state index contributed by atoms with van der Waals surface area (Å²) in [5, 5.41) is 12.4. The summed E-state index contributed by atoms with van der Waals surface area (Å²) >= 11 is 6.16. The third-order valence-corrected chi connectivity index (χ3v) is 4.30. The number of hydrogen-bond acceptors (Lipinski definition) is 6. The number of carbonyl (C=O) groups is 1. The molecule has 0 unspecified atom stereocenters. The van der Waals surface area contributed by atoms with Crippen LogP contribution in [0.15, 0.2) is 39.3 Å². The Labute approximate surface area is 148 Å². The number of halogens is 1. The Morgan fingerprint density at radius 1 is 1.32 bits per heavy atom. The van der Waals surface area contributed by atoms with Crippen LogP contribution in [0.2, 0.25) is 5.02 Å². The van der Waals surface area contributed by atoms with Crippen LogP contribution < -0.4 is 0 Å². The molecular weight excluding hydrogens is 344 g/mol. The standard InChI is InChI=1S/C17H15ClN4O3/c1-10-8-14(21-25-10)17(23)22(11-6-7-11)9-15-19-20-16(24-15)12-4-2-3-5-13(12)18/h2-5,8,11H,6-7,9H2,1H3. The zero-order valence-corrected chi connectivity index (χ0v) is 14.2. The van der Waals surface area contributed by atoms with Crippen molar-refractivity contribution in [3.05, 3.63) is 52.7 Å². The zero-order valence-electron chi connectivity index (χ0n) is 13.5. The fraction of sp³-hybridized carbons (Fsp3) is 0.294. The molecule has 0 bridgehead atoms. The fourth-order valence-corrected chi connectivity index (χ4v) is 2.79. The van der Waals surface area contributed by atoms with Crippen LogP contribution in [-0.2, 0) is 6.54 Å². The van der Waals surface area contributed by atoms with Crippen molar-refractivity contribution in [2.24, 2.45) is 0 Å². The maximum atomic E-state index is 12.7. The Hall–Kier alpha value is -2.67. The molecule has 1 aliphatic carbocycles. The van der Waals surface area contributed by atoms with Crippen molar-refractivity contribution in [3.63, 3.8) is 0 Å². The molecule has 0 radical (unpaired) electrons. The molecule has 1 saturated carbocycles. The van der Waals surface area contributed by atoms with Crippen LogP contribution in [0.4, 0.5) is 0 Å². The normalized spacial score (nSPS) is 13.8. The molecule has 4 rings (SSSR count). The summed E-state index contributed by atoms with van der Waals surface area (Å²) in [6, 6.07) is 9.03. The highest BCUT2D eigenvalue weighted by Gasteiger charge is 2.35. The number of rotatable bonds is 5. The Morgan fingerprint density at radius 3 is 2.80 bits per heavy atom. The van der Waals surface area contributed by atoms with E-state index in [0.717, 1.165) is 12.8 Å². The maximum Gasteiger partial charge on any atom is 0.276 e. The summed E-state index contributed by atoms with van der Waals surface area (Å²) in [4.78, 5) is 14.4. The summed E-state index contributed by atoms with van der Waals surface area (Å²) in [6.45, 7) is 1.98. The number of aromatic nitrogens is 3. The second-order valence-electron chi connectivity index (χ2n) is 5.97. The highest BCUT2D eigenvalue weighted by molar-refractivity contribution is 6.33. The summed E-state index contributed by atoms with van der Waals surface area (Å²) in [6.07, 6.45) is 1.90. The third kappa shape index (κ3) is 3.28. The van der Waals surface area contributed by atoms with Crippen LogP contribution in [0.1, 0.15) is 35.0 Å². The molecule has 1 fully saturated rings. The van der Waals surface area contributed by atoms with Crippen LogP contribution in [0.25, 0.3) is 11.5 Å². The first kappa shape index (κ1) is 15.8. The Morgan fingerprint density at radius 2 is 2.12 bits per heavy atom. The maximum absolute atomic E-state index is 12.7. The van der Waals surface area contributed by atoms with E-state index in [1.807, 2.05) is 18.2 Å². The average molecular weight is 359 g/mol. The van der Waals surface area contributed by atoms with Crippen LogP contribution in [0.5, 0.6) is 0 Å². The molecule has 0 N–H and O–H groups in total. The van der Waals surface area contributed by atoms with E-state index in [1.54, 1.807) is 24.0 Å². The van der Waals surface area contributed by atoms with Crippen molar-refractivity contribution < 1.29 is 13.7 Å². The van der Waals surface area contributed by atoms with E-state index >= 15 is 0 Å². The molecule has 2 aromatic heterocycles. The van der Waals surface area contributed by atoms with Crippen LogP contribution in [0, 0.1) is 6.92 Å². The molecule has 8 heteroatoms. The first-order chi connectivity index (χ1) is 12.1. The molecule has 2 heterocycles. The van der Waals surface area contributed by atoms with Gasteiger partial charge in [-0.2, -0.15) is 0 Å². The molecule has 0 spiro atoms. The lowest BCUT2D eigenvalue weighted by Crippen LogP contribution is -2.33. The molecule has 25 heavy (non-hydrogen) atoms. The van der Waals surface area contributed by atoms with E-state index < -0.39 is 0 Å². The highest BCUT2D eigenvalue weighted by atomic mass is 35.5. The molecular formula is C17H15ClN4O3. The first-order valence-corrected chi connectivity index (χ1v) is 8.31. The van der Waals surface area contributed by atoms with Gasteiger partial charge in [0, 0.05) is 12.1 Å². The summed E-state index contributed by atoms with van der Waals surface area (Å²) in [5.41, 5.74) is 0.953. The molecule has 3 aromatic rings. The second kappa shape index (κ2) is 6.33. The van der Waals surface area contributed by atoms with Crippen molar-refractivity contribution >= 4 is 17.5 Å². The van der Waals surface area contributed by atoms with E-state index in [-0.39, 0.29) is 24.2 Å². The summed E-state index contributed by atoms with van der Waals surface area (Å²) < 4.78 is 10.7. The van der Waals surface area contributed by atoms with Gasteiger partial charge in [-0.05, 0) is 31.9 Å². The Kier molecular flexibility index (Phi) is 4.01. The SMILES string of the molecule is Cc1cc(C(=O)N(Cc2nnc(-c3ccccc3Cl)o2)C2CC2)no1. The monoisotopic (exact) mass is 358 g/mol. The number of benzene rings is 1. The van der Waals surface area contributed by atoms with Crippen molar-refractivity contribution in [1.29, 1.82) is 0 Å².